The van der Waals surface area contributed by atoms with Gasteiger partial charge in [-0.3, -0.25) is 0 Å². The van der Waals surface area contributed by atoms with Crippen LogP contribution in [0.3, 0.4) is 0 Å². The number of ether oxygens (including phenoxy) is 3. The average Bonchev–Trinajstić information content (AvgIpc) is 2.73. The lowest BCUT2D eigenvalue weighted by Gasteiger charge is -2.13. The van der Waals surface area contributed by atoms with Crippen LogP contribution < -0.4 is 0 Å². The number of methoxy groups -OCH3 is 1. The summed E-state index contributed by atoms with van der Waals surface area (Å²) in [7, 11) is 1.30. The van der Waals surface area contributed by atoms with Crippen molar-refractivity contribution in [3.8, 4) is 0 Å². The molecule has 5 nitrogen and oxygen atoms in total. The minimum atomic E-state index is -1.64. The van der Waals surface area contributed by atoms with Gasteiger partial charge in [-0.25, -0.2) is 9.18 Å². The molecule has 104 valence electrons. The van der Waals surface area contributed by atoms with Crippen molar-refractivity contribution in [1.82, 2.24) is 0 Å². The fourth-order valence-electron chi connectivity index (χ4n) is 1.84. The summed E-state index contributed by atoms with van der Waals surface area (Å²) in [4.78, 5) is 11.6. The Bertz CT molecular complexity index is 424. The van der Waals surface area contributed by atoms with Gasteiger partial charge in [0.2, 0.25) is 0 Å². The van der Waals surface area contributed by atoms with Crippen LogP contribution in [-0.2, 0) is 14.2 Å². The van der Waals surface area contributed by atoms with Gasteiger partial charge in [0.15, 0.2) is 12.5 Å². The number of alkyl halides is 1. The Morgan fingerprint density at radius 1 is 1.42 bits per heavy atom. The number of esters is 1. The number of benzene rings is 1. The van der Waals surface area contributed by atoms with E-state index >= 15 is 0 Å². The second-order valence-electron chi connectivity index (χ2n) is 4.18. The molecular weight excluding hydrogens is 255 g/mol. The standard InChI is InChI=1S/C13H15FO5/c1-17-13-11(15)10(14)9(19-13)7-18-12(16)8-5-3-2-4-6-8/h2-6,9-11,13,15H,7H2,1H3/t9-,10-,11-,13+/m1/s1. The molecule has 0 aliphatic carbocycles. The van der Waals surface area contributed by atoms with Gasteiger partial charge in [-0.15, -0.1) is 0 Å². The maximum Gasteiger partial charge on any atom is 0.338 e. The van der Waals surface area contributed by atoms with Crippen LogP contribution in [0.4, 0.5) is 4.39 Å². The van der Waals surface area contributed by atoms with Gasteiger partial charge < -0.3 is 19.3 Å². The van der Waals surface area contributed by atoms with E-state index in [4.69, 9.17) is 14.2 Å². The van der Waals surface area contributed by atoms with Gasteiger partial charge in [0.05, 0.1) is 5.56 Å². The second kappa shape index (κ2) is 6.10. The first-order valence-electron chi connectivity index (χ1n) is 5.86. The zero-order chi connectivity index (χ0) is 13.8. The quantitative estimate of drug-likeness (QED) is 0.824. The van der Waals surface area contributed by atoms with Crippen LogP contribution in [-0.4, -0.2) is 49.5 Å². The smallest absolute Gasteiger partial charge is 0.338 e. The van der Waals surface area contributed by atoms with Gasteiger partial charge in [0.1, 0.15) is 18.8 Å². The summed E-state index contributed by atoms with van der Waals surface area (Å²) >= 11 is 0. The average molecular weight is 270 g/mol. The number of rotatable bonds is 4. The second-order valence-corrected chi connectivity index (χ2v) is 4.18. The zero-order valence-corrected chi connectivity index (χ0v) is 10.4. The molecule has 0 unspecified atom stereocenters. The number of carbonyl (C=O) groups is 1. The fraction of sp³-hybridized carbons (Fsp3) is 0.462. The molecule has 0 radical (unpaired) electrons. The summed E-state index contributed by atoms with van der Waals surface area (Å²) < 4.78 is 28.4. The van der Waals surface area contributed by atoms with Crippen molar-refractivity contribution >= 4 is 5.97 Å². The molecule has 0 spiro atoms. The first kappa shape index (κ1) is 13.9. The first-order valence-corrected chi connectivity index (χ1v) is 5.86. The Kier molecular flexibility index (Phi) is 4.47. The SMILES string of the molecule is CO[C@H]1O[C@H](COC(=O)c2ccccc2)[C@@H](F)[C@H]1O. The van der Waals surface area contributed by atoms with Crippen LogP contribution in [0.2, 0.25) is 0 Å². The van der Waals surface area contributed by atoms with Crippen LogP contribution in [0, 0.1) is 0 Å². The zero-order valence-electron chi connectivity index (χ0n) is 10.4. The normalized spacial score (nSPS) is 30.3. The van der Waals surface area contributed by atoms with Crippen LogP contribution in [0.1, 0.15) is 10.4 Å². The molecule has 0 amide bonds. The molecule has 6 heteroatoms. The predicted octanol–water partition coefficient (Wildman–Crippen LogP) is 0.914. The predicted molar refractivity (Wildman–Crippen MR) is 63.3 cm³/mol. The molecule has 1 heterocycles. The Morgan fingerprint density at radius 3 is 2.68 bits per heavy atom. The molecule has 19 heavy (non-hydrogen) atoms. The Morgan fingerprint density at radius 2 is 2.11 bits per heavy atom. The Hall–Kier alpha value is -1.50. The lowest BCUT2D eigenvalue weighted by atomic mass is 10.2. The van der Waals surface area contributed by atoms with E-state index in [9.17, 15) is 14.3 Å². The molecule has 1 aliphatic rings. The van der Waals surface area contributed by atoms with Gasteiger partial charge in [-0.2, -0.15) is 0 Å². The summed E-state index contributed by atoms with van der Waals surface area (Å²) in [6.07, 6.45) is -5.07. The number of aliphatic hydroxyl groups is 1. The Balaban J connectivity index is 1.88. The lowest BCUT2D eigenvalue weighted by molar-refractivity contribution is -0.153. The summed E-state index contributed by atoms with van der Waals surface area (Å²) in [5.41, 5.74) is 0.375. The molecule has 0 bridgehead atoms. The van der Waals surface area contributed by atoms with Crippen molar-refractivity contribution in [2.24, 2.45) is 0 Å². The molecule has 2 rings (SSSR count). The number of hydrogen-bond acceptors (Lipinski definition) is 5. The Labute approximate surface area is 109 Å². The van der Waals surface area contributed by atoms with E-state index < -0.39 is 30.6 Å². The van der Waals surface area contributed by atoms with Crippen LogP contribution in [0.5, 0.6) is 0 Å². The number of carbonyl (C=O) groups excluding carboxylic acids is 1. The van der Waals surface area contributed by atoms with Crippen LogP contribution in [0.15, 0.2) is 30.3 Å². The monoisotopic (exact) mass is 270 g/mol. The summed E-state index contributed by atoms with van der Waals surface area (Å²) in [6, 6.07) is 8.36. The van der Waals surface area contributed by atoms with Crippen molar-refractivity contribution < 1.29 is 28.5 Å². The van der Waals surface area contributed by atoms with E-state index in [-0.39, 0.29) is 6.61 Å². The highest BCUT2D eigenvalue weighted by Crippen LogP contribution is 2.24. The molecule has 4 atom stereocenters. The topological polar surface area (TPSA) is 65.0 Å². The van der Waals surface area contributed by atoms with Gasteiger partial charge >= 0.3 is 5.97 Å². The van der Waals surface area contributed by atoms with E-state index in [2.05, 4.69) is 0 Å². The molecule has 1 aromatic carbocycles. The largest absolute Gasteiger partial charge is 0.459 e. The molecule has 1 fully saturated rings. The fourth-order valence-corrected chi connectivity index (χ4v) is 1.84. The third-order valence-corrected chi connectivity index (χ3v) is 2.89. The number of halogens is 1. The maximum atomic E-state index is 13.6. The maximum absolute atomic E-state index is 13.6. The van der Waals surface area contributed by atoms with Crippen molar-refractivity contribution in [3.63, 3.8) is 0 Å². The van der Waals surface area contributed by atoms with E-state index in [1.165, 1.54) is 7.11 Å². The lowest BCUT2D eigenvalue weighted by Crippen LogP contribution is -2.31. The van der Waals surface area contributed by atoms with Crippen molar-refractivity contribution in [2.75, 3.05) is 13.7 Å². The highest BCUT2D eigenvalue weighted by molar-refractivity contribution is 5.89. The van der Waals surface area contributed by atoms with Gasteiger partial charge in [-0.05, 0) is 12.1 Å². The van der Waals surface area contributed by atoms with E-state index in [1.54, 1.807) is 30.3 Å². The minimum Gasteiger partial charge on any atom is -0.459 e. The molecule has 0 aromatic heterocycles. The first-order chi connectivity index (χ1) is 9.13. The molecule has 0 saturated carbocycles. The van der Waals surface area contributed by atoms with E-state index in [0.717, 1.165) is 0 Å². The minimum absolute atomic E-state index is 0.272. The summed E-state index contributed by atoms with van der Waals surface area (Å²) in [5, 5.41) is 9.44. The van der Waals surface area contributed by atoms with Gasteiger partial charge in [-0.1, -0.05) is 18.2 Å². The molecule has 1 N–H and O–H groups in total. The number of hydrogen-bond donors (Lipinski definition) is 1. The van der Waals surface area contributed by atoms with Gasteiger partial charge in [0, 0.05) is 7.11 Å². The van der Waals surface area contributed by atoms with Crippen molar-refractivity contribution in [1.29, 1.82) is 0 Å². The molecule has 1 saturated heterocycles. The summed E-state index contributed by atoms with van der Waals surface area (Å²) in [6.45, 7) is -0.272. The number of aliphatic hydroxyl groups excluding tert-OH is 1. The molecule has 1 aromatic rings. The highest BCUT2D eigenvalue weighted by Gasteiger charge is 2.45. The summed E-state index contributed by atoms with van der Waals surface area (Å²) in [5.74, 6) is -0.563. The molecule has 1 aliphatic heterocycles. The van der Waals surface area contributed by atoms with Crippen LogP contribution in [0.25, 0.3) is 0 Å². The van der Waals surface area contributed by atoms with Crippen molar-refractivity contribution in [2.45, 2.75) is 24.7 Å². The van der Waals surface area contributed by atoms with Crippen LogP contribution >= 0.6 is 0 Å². The van der Waals surface area contributed by atoms with E-state index in [1.807, 2.05) is 0 Å². The highest BCUT2D eigenvalue weighted by atomic mass is 19.1. The third kappa shape index (κ3) is 3.09. The van der Waals surface area contributed by atoms with Crippen molar-refractivity contribution in [3.05, 3.63) is 35.9 Å². The van der Waals surface area contributed by atoms with Gasteiger partial charge in [0.25, 0.3) is 0 Å². The third-order valence-electron chi connectivity index (χ3n) is 2.89. The molecular formula is C13H15FO5. The van der Waals surface area contributed by atoms with E-state index in [0.29, 0.717) is 5.56 Å².